The van der Waals surface area contributed by atoms with Crippen molar-refractivity contribution in [2.24, 2.45) is 0 Å². The van der Waals surface area contributed by atoms with Gasteiger partial charge in [-0.1, -0.05) is 18.5 Å². The molecule has 0 saturated carbocycles. The lowest BCUT2D eigenvalue weighted by atomic mass is 10.1. The third kappa shape index (κ3) is 3.45. The van der Waals surface area contributed by atoms with Crippen molar-refractivity contribution in [2.75, 3.05) is 6.61 Å². The van der Waals surface area contributed by atoms with Crippen LogP contribution in [0.4, 0.5) is 0 Å². The highest BCUT2D eigenvalue weighted by Crippen LogP contribution is 2.23. The van der Waals surface area contributed by atoms with Crippen LogP contribution in [0.5, 0.6) is 0 Å². The van der Waals surface area contributed by atoms with E-state index in [4.69, 9.17) is 16.3 Å². The van der Waals surface area contributed by atoms with Gasteiger partial charge in [0.15, 0.2) is 5.82 Å². The summed E-state index contributed by atoms with van der Waals surface area (Å²) < 4.78 is 7.15. The largest absolute Gasteiger partial charge is 0.478 e. The molecule has 0 unspecified atom stereocenters. The summed E-state index contributed by atoms with van der Waals surface area (Å²) in [6.45, 7) is 4.73. The number of hydrogen-bond acceptors (Lipinski definition) is 4. The molecular formula is C15H18ClN3O3. The van der Waals surface area contributed by atoms with Gasteiger partial charge in [-0.05, 0) is 31.5 Å². The number of nitrogens with zero attached hydrogens (tertiary/aromatic N) is 3. The van der Waals surface area contributed by atoms with Crippen LogP contribution < -0.4 is 0 Å². The Morgan fingerprint density at radius 3 is 2.68 bits per heavy atom. The smallest absolute Gasteiger partial charge is 0.337 e. The number of benzene rings is 1. The Bertz CT molecular complexity index is 670. The maximum absolute atomic E-state index is 11.5. The molecule has 0 fully saturated rings. The number of carbonyl (C=O) groups is 1. The van der Waals surface area contributed by atoms with Gasteiger partial charge >= 0.3 is 5.97 Å². The number of ether oxygens (including phenoxy) is 1. The summed E-state index contributed by atoms with van der Waals surface area (Å²) in [5.41, 5.74) is 0.613. The molecule has 1 N–H and O–H groups in total. The van der Waals surface area contributed by atoms with Crippen LogP contribution in [0.2, 0.25) is 5.02 Å². The van der Waals surface area contributed by atoms with Crippen molar-refractivity contribution in [3.05, 3.63) is 40.4 Å². The maximum atomic E-state index is 11.5. The van der Waals surface area contributed by atoms with Gasteiger partial charge in [-0.3, -0.25) is 4.57 Å². The molecule has 2 aromatic rings. The normalized spacial score (nSPS) is 10.9. The van der Waals surface area contributed by atoms with E-state index in [0.717, 1.165) is 6.42 Å². The van der Waals surface area contributed by atoms with E-state index >= 15 is 0 Å². The molecule has 2 rings (SSSR count). The molecule has 7 heteroatoms. The minimum Gasteiger partial charge on any atom is -0.478 e. The number of rotatable bonds is 7. The third-order valence-electron chi connectivity index (χ3n) is 3.14. The molecule has 0 aliphatic heterocycles. The average Bonchev–Trinajstić information content (AvgIpc) is 2.88. The highest BCUT2D eigenvalue weighted by molar-refractivity contribution is 6.31. The second kappa shape index (κ2) is 7.38. The minimum absolute atomic E-state index is 0.113. The minimum atomic E-state index is -1.05. The molecule has 0 bridgehead atoms. The Hall–Kier alpha value is -1.92. The standard InChI is InChI=1S/C15H18ClN3O3/c1-3-5-13-17-18-14(9-22-4-2)19(13)12-7-6-10(16)8-11(12)15(20)21/h6-8H,3-5,9H2,1-2H3,(H,20,21). The van der Waals surface area contributed by atoms with Gasteiger partial charge < -0.3 is 9.84 Å². The summed E-state index contributed by atoms with van der Waals surface area (Å²) in [7, 11) is 0. The van der Waals surface area contributed by atoms with Crippen molar-refractivity contribution in [2.45, 2.75) is 33.3 Å². The lowest BCUT2D eigenvalue weighted by molar-refractivity contribution is 0.0696. The summed E-state index contributed by atoms with van der Waals surface area (Å²) in [6, 6.07) is 4.76. The maximum Gasteiger partial charge on any atom is 0.337 e. The predicted molar refractivity (Wildman–Crippen MR) is 82.7 cm³/mol. The first-order valence-corrected chi connectivity index (χ1v) is 7.50. The molecule has 0 aliphatic carbocycles. The van der Waals surface area contributed by atoms with Crippen LogP contribution >= 0.6 is 11.6 Å². The molecule has 118 valence electrons. The lowest BCUT2D eigenvalue weighted by Crippen LogP contribution is -2.12. The monoisotopic (exact) mass is 323 g/mol. The van der Waals surface area contributed by atoms with E-state index in [9.17, 15) is 9.90 Å². The molecule has 1 aromatic carbocycles. The van der Waals surface area contributed by atoms with Gasteiger partial charge in [-0.15, -0.1) is 10.2 Å². The molecule has 1 aromatic heterocycles. The number of carboxylic acid groups (broad SMARTS) is 1. The van der Waals surface area contributed by atoms with Crippen LogP contribution in [0.1, 0.15) is 42.3 Å². The van der Waals surface area contributed by atoms with E-state index in [-0.39, 0.29) is 12.2 Å². The van der Waals surface area contributed by atoms with Gasteiger partial charge in [0, 0.05) is 18.1 Å². The van der Waals surface area contributed by atoms with Crippen molar-refractivity contribution in [3.63, 3.8) is 0 Å². The number of halogens is 1. The fourth-order valence-corrected chi connectivity index (χ4v) is 2.35. The fraction of sp³-hybridized carbons (Fsp3) is 0.400. The van der Waals surface area contributed by atoms with Crippen molar-refractivity contribution < 1.29 is 14.6 Å². The van der Waals surface area contributed by atoms with E-state index in [0.29, 0.717) is 35.4 Å². The first kappa shape index (κ1) is 16.5. The number of aromatic nitrogens is 3. The summed E-state index contributed by atoms with van der Waals surface area (Å²) in [6.07, 6.45) is 1.57. The zero-order valence-electron chi connectivity index (χ0n) is 12.5. The molecular weight excluding hydrogens is 306 g/mol. The van der Waals surface area contributed by atoms with Crippen LogP contribution in [0.3, 0.4) is 0 Å². The summed E-state index contributed by atoms with van der Waals surface area (Å²) in [5, 5.41) is 18.1. The van der Waals surface area contributed by atoms with Gasteiger partial charge in [0.05, 0.1) is 11.3 Å². The number of hydrogen-bond donors (Lipinski definition) is 1. The zero-order valence-corrected chi connectivity index (χ0v) is 13.3. The second-order valence-corrected chi connectivity index (χ2v) is 5.16. The fourth-order valence-electron chi connectivity index (χ4n) is 2.18. The van der Waals surface area contributed by atoms with Crippen molar-refractivity contribution in [3.8, 4) is 5.69 Å². The first-order chi connectivity index (χ1) is 10.6. The quantitative estimate of drug-likeness (QED) is 0.847. The van der Waals surface area contributed by atoms with Crippen molar-refractivity contribution in [1.82, 2.24) is 14.8 Å². The molecule has 0 aliphatic rings. The van der Waals surface area contributed by atoms with Crippen LogP contribution in [0.25, 0.3) is 5.69 Å². The van der Waals surface area contributed by atoms with Gasteiger partial charge in [0.25, 0.3) is 0 Å². The molecule has 0 spiro atoms. The summed E-state index contributed by atoms with van der Waals surface area (Å²) in [4.78, 5) is 11.5. The van der Waals surface area contributed by atoms with Crippen LogP contribution in [0, 0.1) is 0 Å². The highest BCUT2D eigenvalue weighted by atomic mass is 35.5. The Kier molecular flexibility index (Phi) is 5.51. The Morgan fingerprint density at radius 2 is 2.05 bits per heavy atom. The first-order valence-electron chi connectivity index (χ1n) is 7.12. The molecule has 0 atom stereocenters. The summed E-state index contributed by atoms with van der Waals surface area (Å²) in [5.74, 6) is 0.244. The Balaban J connectivity index is 2.59. The van der Waals surface area contributed by atoms with Gasteiger partial charge in [0.2, 0.25) is 0 Å². The van der Waals surface area contributed by atoms with E-state index in [2.05, 4.69) is 10.2 Å². The van der Waals surface area contributed by atoms with E-state index in [1.807, 2.05) is 13.8 Å². The van der Waals surface area contributed by atoms with Gasteiger partial charge in [-0.25, -0.2) is 4.79 Å². The molecule has 0 amide bonds. The lowest BCUT2D eigenvalue weighted by Gasteiger charge is -2.13. The molecule has 0 radical (unpaired) electrons. The topological polar surface area (TPSA) is 77.2 Å². The zero-order chi connectivity index (χ0) is 16.1. The third-order valence-corrected chi connectivity index (χ3v) is 3.37. The average molecular weight is 324 g/mol. The van der Waals surface area contributed by atoms with Gasteiger partial charge in [0.1, 0.15) is 12.4 Å². The number of carboxylic acids is 1. The Morgan fingerprint density at radius 1 is 1.32 bits per heavy atom. The van der Waals surface area contributed by atoms with Crippen molar-refractivity contribution in [1.29, 1.82) is 0 Å². The van der Waals surface area contributed by atoms with Crippen molar-refractivity contribution >= 4 is 17.6 Å². The second-order valence-electron chi connectivity index (χ2n) is 4.72. The van der Waals surface area contributed by atoms with Crippen LogP contribution in [-0.2, 0) is 17.8 Å². The molecule has 1 heterocycles. The van der Waals surface area contributed by atoms with E-state index in [1.165, 1.54) is 6.07 Å². The number of aryl methyl sites for hydroxylation is 1. The summed E-state index contributed by atoms with van der Waals surface area (Å²) >= 11 is 5.92. The highest BCUT2D eigenvalue weighted by Gasteiger charge is 2.19. The number of aromatic carboxylic acids is 1. The molecule has 6 nitrogen and oxygen atoms in total. The van der Waals surface area contributed by atoms with E-state index < -0.39 is 5.97 Å². The van der Waals surface area contributed by atoms with E-state index in [1.54, 1.807) is 16.7 Å². The van der Waals surface area contributed by atoms with Crippen LogP contribution in [-0.4, -0.2) is 32.4 Å². The molecule has 22 heavy (non-hydrogen) atoms. The van der Waals surface area contributed by atoms with Crippen LogP contribution in [0.15, 0.2) is 18.2 Å². The molecule has 0 saturated heterocycles. The predicted octanol–water partition coefficient (Wildman–Crippen LogP) is 3.11. The van der Waals surface area contributed by atoms with Gasteiger partial charge in [-0.2, -0.15) is 0 Å². The Labute approximate surface area is 133 Å². The SMILES string of the molecule is CCCc1nnc(COCC)n1-c1ccc(Cl)cc1C(=O)O.